The average Bonchev–Trinajstić information content (AvgIpc) is 2.38. The Morgan fingerprint density at radius 3 is 2.44 bits per heavy atom. The molecule has 0 unspecified atom stereocenters. The Bertz CT molecular complexity index is 510. The van der Waals surface area contributed by atoms with Crippen LogP contribution in [0.25, 0.3) is 0 Å². The molecule has 2 rings (SSSR count). The molecule has 0 saturated carbocycles. The van der Waals surface area contributed by atoms with Crippen LogP contribution in [0.4, 0.5) is 0 Å². The number of hydrogen-bond acceptors (Lipinski definition) is 2. The summed E-state index contributed by atoms with van der Waals surface area (Å²) in [5, 5.41) is 13.8. The molecule has 0 bridgehead atoms. The van der Waals surface area contributed by atoms with E-state index in [0.29, 0.717) is 12.3 Å². The number of rotatable bonds is 4. The number of phenolic OH excluding ortho intramolecular Hbond substituents is 1. The fourth-order valence-electron chi connectivity index (χ4n) is 1.79. The van der Waals surface area contributed by atoms with Crippen molar-refractivity contribution < 1.29 is 5.11 Å². The molecule has 0 heterocycles. The van der Waals surface area contributed by atoms with Crippen molar-refractivity contribution in [2.45, 2.75) is 19.5 Å². The summed E-state index contributed by atoms with van der Waals surface area (Å²) in [7, 11) is 0. The largest absolute Gasteiger partial charge is 0.508 e. The van der Waals surface area contributed by atoms with Gasteiger partial charge in [0.25, 0.3) is 0 Å². The number of hydrogen-bond donors (Lipinski definition) is 2. The van der Waals surface area contributed by atoms with E-state index in [1.165, 1.54) is 5.56 Å². The fourth-order valence-corrected chi connectivity index (χ4v) is 1.92. The highest BCUT2D eigenvalue weighted by molar-refractivity contribution is 6.30. The first kappa shape index (κ1) is 12.9. The molecule has 2 nitrogen and oxygen atoms in total. The minimum Gasteiger partial charge on any atom is -0.508 e. The Kier molecular flexibility index (Phi) is 4.24. The summed E-state index contributed by atoms with van der Waals surface area (Å²) in [6, 6.07) is 15.3. The summed E-state index contributed by atoms with van der Waals surface area (Å²) in [6.45, 7) is 2.72. The van der Waals surface area contributed by atoms with Crippen molar-refractivity contribution in [2.75, 3.05) is 0 Å². The second kappa shape index (κ2) is 5.89. The Hall–Kier alpha value is -1.51. The maximum absolute atomic E-state index is 9.67. The minimum atomic E-state index is 0.210. The Labute approximate surface area is 112 Å². The quantitative estimate of drug-likeness (QED) is 0.875. The number of aromatic hydroxyl groups is 1. The van der Waals surface area contributed by atoms with Crippen LogP contribution in [0.1, 0.15) is 24.1 Å². The van der Waals surface area contributed by atoms with E-state index in [1.807, 2.05) is 42.5 Å². The Morgan fingerprint density at radius 2 is 1.78 bits per heavy atom. The van der Waals surface area contributed by atoms with E-state index in [0.717, 1.165) is 10.6 Å². The first-order valence-corrected chi connectivity index (χ1v) is 6.30. The van der Waals surface area contributed by atoms with Crippen LogP contribution in [-0.2, 0) is 6.54 Å². The summed E-state index contributed by atoms with van der Waals surface area (Å²) in [5.41, 5.74) is 2.08. The van der Waals surface area contributed by atoms with E-state index in [-0.39, 0.29) is 6.04 Å². The number of phenols is 1. The second-order valence-corrected chi connectivity index (χ2v) is 4.72. The fraction of sp³-hybridized carbons (Fsp3) is 0.200. The first-order chi connectivity index (χ1) is 8.66. The van der Waals surface area contributed by atoms with Crippen molar-refractivity contribution in [3.8, 4) is 5.75 Å². The molecular weight excluding hydrogens is 246 g/mol. The monoisotopic (exact) mass is 261 g/mol. The zero-order valence-electron chi connectivity index (χ0n) is 10.2. The van der Waals surface area contributed by atoms with Crippen LogP contribution in [0, 0.1) is 0 Å². The summed E-state index contributed by atoms with van der Waals surface area (Å²) in [5.74, 6) is 0.327. The molecule has 0 radical (unpaired) electrons. The number of nitrogens with one attached hydrogen (secondary N) is 1. The van der Waals surface area contributed by atoms with Crippen LogP contribution in [-0.4, -0.2) is 5.11 Å². The zero-order chi connectivity index (χ0) is 13.0. The molecule has 0 aliphatic rings. The number of para-hydroxylation sites is 1. The van der Waals surface area contributed by atoms with Gasteiger partial charge in [0.2, 0.25) is 0 Å². The van der Waals surface area contributed by atoms with E-state index in [1.54, 1.807) is 6.07 Å². The molecular formula is C15H16ClNO. The van der Waals surface area contributed by atoms with Crippen molar-refractivity contribution in [2.24, 2.45) is 0 Å². The predicted molar refractivity (Wildman–Crippen MR) is 74.8 cm³/mol. The van der Waals surface area contributed by atoms with Gasteiger partial charge in [-0.2, -0.15) is 0 Å². The SMILES string of the molecule is C[C@@H](NCc1ccccc1O)c1ccc(Cl)cc1. The van der Waals surface area contributed by atoms with Gasteiger partial charge in [-0.05, 0) is 30.7 Å². The van der Waals surface area contributed by atoms with Gasteiger partial charge in [0.05, 0.1) is 0 Å². The molecule has 94 valence electrons. The molecule has 0 saturated heterocycles. The third kappa shape index (κ3) is 3.25. The van der Waals surface area contributed by atoms with Crippen LogP contribution in [0.2, 0.25) is 5.02 Å². The van der Waals surface area contributed by atoms with Crippen molar-refractivity contribution >= 4 is 11.6 Å². The van der Waals surface area contributed by atoms with Crippen LogP contribution in [0.5, 0.6) is 5.75 Å². The summed E-state index contributed by atoms with van der Waals surface area (Å²) < 4.78 is 0. The summed E-state index contributed by atoms with van der Waals surface area (Å²) >= 11 is 5.86. The van der Waals surface area contributed by atoms with E-state index in [9.17, 15) is 5.11 Å². The Morgan fingerprint density at radius 1 is 1.11 bits per heavy atom. The molecule has 0 aromatic heterocycles. The standard InChI is InChI=1S/C15H16ClNO/c1-11(12-6-8-14(16)9-7-12)17-10-13-4-2-3-5-15(13)18/h2-9,11,17-18H,10H2,1H3/t11-/m1/s1. The van der Waals surface area contributed by atoms with Gasteiger partial charge in [-0.15, -0.1) is 0 Å². The molecule has 0 amide bonds. The molecule has 2 aromatic rings. The summed E-state index contributed by atoms with van der Waals surface area (Å²) in [6.07, 6.45) is 0. The van der Waals surface area contributed by atoms with Gasteiger partial charge < -0.3 is 10.4 Å². The zero-order valence-corrected chi connectivity index (χ0v) is 11.0. The minimum absolute atomic E-state index is 0.210. The van der Waals surface area contributed by atoms with E-state index >= 15 is 0 Å². The highest BCUT2D eigenvalue weighted by atomic mass is 35.5. The maximum Gasteiger partial charge on any atom is 0.120 e. The lowest BCUT2D eigenvalue weighted by Crippen LogP contribution is -2.18. The lowest BCUT2D eigenvalue weighted by atomic mass is 10.1. The molecule has 2 aromatic carbocycles. The molecule has 18 heavy (non-hydrogen) atoms. The molecule has 3 heteroatoms. The van der Waals surface area contributed by atoms with Crippen LogP contribution < -0.4 is 5.32 Å². The first-order valence-electron chi connectivity index (χ1n) is 5.92. The highest BCUT2D eigenvalue weighted by Crippen LogP contribution is 2.19. The third-order valence-electron chi connectivity index (χ3n) is 2.96. The van der Waals surface area contributed by atoms with Gasteiger partial charge in [-0.3, -0.25) is 0 Å². The number of benzene rings is 2. The average molecular weight is 262 g/mol. The molecule has 2 N–H and O–H groups in total. The molecule has 0 fully saturated rings. The van der Waals surface area contributed by atoms with Gasteiger partial charge in [0.15, 0.2) is 0 Å². The van der Waals surface area contributed by atoms with Crippen molar-refractivity contribution in [1.29, 1.82) is 0 Å². The number of halogens is 1. The van der Waals surface area contributed by atoms with Gasteiger partial charge in [-0.1, -0.05) is 41.9 Å². The lowest BCUT2D eigenvalue weighted by molar-refractivity contribution is 0.460. The van der Waals surface area contributed by atoms with Gasteiger partial charge in [-0.25, -0.2) is 0 Å². The molecule has 0 aliphatic carbocycles. The topological polar surface area (TPSA) is 32.3 Å². The Balaban J connectivity index is 1.98. The van der Waals surface area contributed by atoms with E-state index in [4.69, 9.17) is 11.6 Å². The smallest absolute Gasteiger partial charge is 0.120 e. The second-order valence-electron chi connectivity index (χ2n) is 4.28. The van der Waals surface area contributed by atoms with Gasteiger partial charge >= 0.3 is 0 Å². The lowest BCUT2D eigenvalue weighted by Gasteiger charge is -2.15. The highest BCUT2D eigenvalue weighted by Gasteiger charge is 2.06. The van der Waals surface area contributed by atoms with E-state index < -0.39 is 0 Å². The van der Waals surface area contributed by atoms with Gasteiger partial charge in [0, 0.05) is 23.2 Å². The third-order valence-corrected chi connectivity index (χ3v) is 3.21. The molecule has 0 spiro atoms. The van der Waals surface area contributed by atoms with Crippen LogP contribution in [0.3, 0.4) is 0 Å². The molecule has 1 atom stereocenters. The van der Waals surface area contributed by atoms with E-state index in [2.05, 4.69) is 12.2 Å². The van der Waals surface area contributed by atoms with Crippen LogP contribution in [0.15, 0.2) is 48.5 Å². The van der Waals surface area contributed by atoms with Crippen molar-refractivity contribution in [3.05, 3.63) is 64.7 Å². The van der Waals surface area contributed by atoms with Gasteiger partial charge in [0.1, 0.15) is 5.75 Å². The summed E-state index contributed by atoms with van der Waals surface area (Å²) in [4.78, 5) is 0. The van der Waals surface area contributed by atoms with Crippen molar-refractivity contribution in [1.82, 2.24) is 5.32 Å². The maximum atomic E-state index is 9.67. The van der Waals surface area contributed by atoms with Crippen molar-refractivity contribution in [3.63, 3.8) is 0 Å². The normalized spacial score (nSPS) is 12.3. The molecule has 0 aliphatic heterocycles. The van der Waals surface area contributed by atoms with Crippen LogP contribution >= 0.6 is 11.6 Å². The predicted octanol–water partition coefficient (Wildman–Crippen LogP) is 3.90.